The van der Waals surface area contributed by atoms with E-state index in [4.69, 9.17) is 9.26 Å². The standard InChI is InChI=1S/C21H22N2O5S/c1-5-27-21(24)16-8-10-18(11-9-16)23-29(25,26)19-12-17(7-6-13(19)2)20-14(3)22-28-15(20)4/h6-12,23H,5H2,1-4H3. The van der Waals surface area contributed by atoms with Crippen molar-refractivity contribution in [2.24, 2.45) is 0 Å². The lowest BCUT2D eigenvalue weighted by molar-refractivity contribution is 0.0526. The number of benzene rings is 2. The Morgan fingerprint density at radius 1 is 1.10 bits per heavy atom. The Kier molecular flexibility index (Phi) is 5.74. The molecule has 3 aromatic rings. The van der Waals surface area contributed by atoms with Gasteiger partial charge in [-0.1, -0.05) is 17.3 Å². The third kappa shape index (κ3) is 4.32. The SMILES string of the molecule is CCOC(=O)c1ccc(NS(=O)(=O)c2cc(-c3c(C)noc3C)ccc2C)cc1. The first-order valence-corrected chi connectivity index (χ1v) is 10.5. The number of carbonyl (C=O) groups is 1. The smallest absolute Gasteiger partial charge is 0.338 e. The van der Waals surface area contributed by atoms with E-state index >= 15 is 0 Å². The maximum Gasteiger partial charge on any atom is 0.338 e. The summed E-state index contributed by atoms with van der Waals surface area (Å²) >= 11 is 0. The predicted octanol–water partition coefficient (Wildman–Crippen LogP) is 4.24. The van der Waals surface area contributed by atoms with Crippen LogP contribution in [0.1, 0.15) is 34.3 Å². The average Bonchev–Trinajstić information content (AvgIpc) is 3.01. The van der Waals surface area contributed by atoms with Crippen LogP contribution in [-0.2, 0) is 14.8 Å². The lowest BCUT2D eigenvalue weighted by atomic mass is 10.0. The van der Waals surface area contributed by atoms with Gasteiger partial charge in [0.15, 0.2) is 0 Å². The Balaban J connectivity index is 1.92. The van der Waals surface area contributed by atoms with Gasteiger partial charge in [0.25, 0.3) is 10.0 Å². The van der Waals surface area contributed by atoms with Crippen LogP contribution in [0.5, 0.6) is 0 Å². The minimum absolute atomic E-state index is 0.157. The van der Waals surface area contributed by atoms with Crippen molar-refractivity contribution in [3.05, 3.63) is 65.0 Å². The maximum absolute atomic E-state index is 13.0. The van der Waals surface area contributed by atoms with Crippen molar-refractivity contribution in [3.63, 3.8) is 0 Å². The molecule has 0 aliphatic carbocycles. The highest BCUT2D eigenvalue weighted by molar-refractivity contribution is 7.92. The van der Waals surface area contributed by atoms with Crippen molar-refractivity contribution >= 4 is 21.7 Å². The fourth-order valence-electron chi connectivity index (χ4n) is 3.04. The summed E-state index contributed by atoms with van der Waals surface area (Å²) in [5.41, 5.74) is 3.49. The highest BCUT2D eigenvalue weighted by Gasteiger charge is 2.20. The molecule has 0 fully saturated rings. The Hall–Kier alpha value is -3.13. The molecule has 2 aromatic carbocycles. The second-order valence-electron chi connectivity index (χ2n) is 6.58. The molecule has 8 heteroatoms. The summed E-state index contributed by atoms with van der Waals surface area (Å²) in [6.45, 7) is 7.32. The van der Waals surface area contributed by atoms with Crippen LogP contribution in [0, 0.1) is 20.8 Å². The van der Waals surface area contributed by atoms with Gasteiger partial charge in [-0.2, -0.15) is 0 Å². The van der Waals surface area contributed by atoms with Crippen LogP contribution in [0.4, 0.5) is 5.69 Å². The molecule has 3 rings (SSSR count). The highest BCUT2D eigenvalue weighted by Crippen LogP contribution is 2.30. The number of hydrogen-bond acceptors (Lipinski definition) is 6. The van der Waals surface area contributed by atoms with Crippen LogP contribution in [0.15, 0.2) is 51.9 Å². The number of carbonyl (C=O) groups excluding carboxylic acids is 1. The van der Waals surface area contributed by atoms with Crippen LogP contribution < -0.4 is 4.72 Å². The van der Waals surface area contributed by atoms with Crippen LogP contribution >= 0.6 is 0 Å². The number of aromatic nitrogens is 1. The zero-order valence-corrected chi connectivity index (χ0v) is 17.5. The Morgan fingerprint density at radius 2 is 1.79 bits per heavy atom. The van der Waals surface area contributed by atoms with Crippen LogP contribution in [0.3, 0.4) is 0 Å². The number of esters is 1. The minimum Gasteiger partial charge on any atom is -0.462 e. The second kappa shape index (κ2) is 8.08. The molecule has 0 saturated carbocycles. The molecule has 29 heavy (non-hydrogen) atoms. The molecule has 0 aliphatic rings. The molecule has 1 aromatic heterocycles. The molecule has 0 atom stereocenters. The van der Waals surface area contributed by atoms with Crippen molar-refractivity contribution in [2.45, 2.75) is 32.6 Å². The fraction of sp³-hybridized carbons (Fsp3) is 0.238. The van der Waals surface area contributed by atoms with Gasteiger partial charge in [0.2, 0.25) is 0 Å². The molecular weight excluding hydrogens is 392 g/mol. The number of anilines is 1. The van der Waals surface area contributed by atoms with Gasteiger partial charge < -0.3 is 9.26 Å². The van der Waals surface area contributed by atoms with Crippen molar-refractivity contribution in [2.75, 3.05) is 11.3 Å². The largest absolute Gasteiger partial charge is 0.462 e. The van der Waals surface area contributed by atoms with Crippen LogP contribution in [0.25, 0.3) is 11.1 Å². The van der Waals surface area contributed by atoms with E-state index in [0.29, 0.717) is 33.8 Å². The molecule has 0 spiro atoms. The maximum atomic E-state index is 13.0. The normalized spacial score (nSPS) is 11.3. The molecule has 1 heterocycles. The lowest BCUT2D eigenvalue weighted by Crippen LogP contribution is -2.14. The van der Waals surface area contributed by atoms with Gasteiger partial charge in [-0.15, -0.1) is 0 Å². The predicted molar refractivity (Wildman–Crippen MR) is 109 cm³/mol. The molecule has 1 N–H and O–H groups in total. The van der Waals surface area contributed by atoms with Crippen molar-refractivity contribution in [3.8, 4) is 11.1 Å². The summed E-state index contributed by atoms with van der Waals surface area (Å²) in [5.74, 6) is 0.169. The number of ether oxygens (including phenoxy) is 1. The van der Waals surface area contributed by atoms with Gasteiger partial charge in [-0.3, -0.25) is 4.72 Å². The van der Waals surface area contributed by atoms with Gasteiger partial charge in [0, 0.05) is 11.3 Å². The van der Waals surface area contributed by atoms with Gasteiger partial charge in [-0.05, 0) is 69.2 Å². The second-order valence-corrected chi connectivity index (χ2v) is 8.23. The molecule has 152 valence electrons. The van der Waals surface area contributed by atoms with Crippen molar-refractivity contribution in [1.82, 2.24) is 5.16 Å². The number of sulfonamides is 1. The number of hydrogen-bond donors (Lipinski definition) is 1. The molecule has 0 bridgehead atoms. The van der Waals surface area contributed by atoms with Gasteiger partial charge in [0.05, 0.1) is 22.8 Å². The van der Waals surface area contributed by atoms with Crippen molar-refractivity contribution < 1.29 is 22.5 Å². The average molecular weight is 414 g/mol. The molecule has 0 radical (unpaired) electrons. The number of nitrogens with zero attached hydrogens (tertiary/aromatic N) is 1. The first-order chi connectivity index (χ1) is 13.7. The molecule has 0 saturated heterocycles. The summed E-state index contributed by atoms with van der Waals surface area (Å²) in [4.78, 5) is 11.9. The highest BCUT2D eigenvalue weighted by atomic mass is 32.2. The van der Waals surface area contributed by atoms with E-state index in [1.54, 1.807) is 32.9 Å². The third-order valence-electron chi connectivity index (χ3n) is 4.45. The van der Waals surface area contributed by atoms with Crippen LogP contribution in [-0.4, -0.2) is 26.2 Å². The molecule has 0 amide bonds. The van der Waals surface area contributed by atoms with Gasteiger partial charge in [0.1, 0.15) is 5.76 Å². The molecular formula is C21H22N2O5S. The van der Waals surface area contributed by atoms with Gasteiger partial charge >= 0.3 is 5.97 Å². The molecule has 7 nitrogen and oxygen atoms in total. The summed E-state index contributed by atoms with van der Waals surface area (Å²) in [6.07, 6.45) is 0. The van der Waals surface area contributed by atoms with Crippen LogP contribution in [0.2, 0.25) is 0 Å². The van der Waals surface area contributed by atoms with E-state index in [9.17, 15) is 13.2 Å². The van der Waals surface area contributed by atoms with Crippen molar-refractivity contribution in [1.29, 1.82) is 0 Å². The van der Waals surface area contributed by atoms with Gasteiger partial charge in [-0.25, -0.2) is 13.2 Å². The number of aryl methyl sites for hydroxylation is 3. The molecule has 0 aliphatic heterocycles. The zero-order chi connectivity index (χ0) is 21.2. The van der Waals surface area contributed by atoms with E-state index in [0.717, 1.165) is 5.56 Å². The van der Waals surface area contributed by atoms with E-state index in [-0.39, 0.29) is 11.5 Å². The van der Waals surface area contributed by atoms with E-state index < -0.39 is 16.0 Å². The minimum atomic E-state index is -3.84. The Bertz CT molecular complexity index is 1130. The number of nitrogens with one attached hydrogen (secondary N) is 1. The van der Waals surface area contributed by atoms with E-state index in [1.165, 1.54) is 24.3 Å². The topological polar surface area (TPSA) is 98.5 Å². The quantitative estimate of drug-likeness (QED) is 0.606. The first kappa shape index (κ1) is 20.6. The van der Waals surface area contributed by atoms with E-state index in [2.05, 4.69) is 9.88 Å². The summed E-state index contributed by atoms with van der Waals surface area (Å²) in [5, 5.41) is 3.93. The summed E-state index contributed by atoms with van der Waals surface area (Å²) in [6, 6.07) is 11.3. The third-order valence-corrected chi connectivity index (χ3v) is 5.97. The fourth-order valence-corrected chi connectivity index (χ4v) is 4.37. The Labute approximate surface area is 169 Å². The Morgan fingerprint density at radius 3 is 2.38 bits per heavy atom. The zero-order valence-electron chi connectivity index (χ0n) is 16.6. The number of rotatable bonds is 6. The summed E-state index contributed by atoms with van der Waals surface area (Å²) in [7, 11) is -3.84. The monoisotopic (exact) mass is 414 g/mol. The summed E-state index contributed by atoms with van der Waals surface area (Å²) < 4.78 is 38.7. The lowest BCUT2D eigenvalue weighted by Gasteiger charge is -2.12. The first-order valence-electron chi connectivity index (χ1n) is 9.07. The molecule has 0 unspecified atom stereocenters. The van der Waals surface area contributed by atoms with E-state index in [1.807, 2.05) is 13.0 Å².